The first-order chi connectivity index (χ1) is 8.23. The molecule has 0 bridgehead atoms. The number of anilines is 1. The molecule has 2 rings (SSSR count). The van der Waals surface area contributed by atoms with E-state index in [0.29, 0.717) is 17.9 Å². The fourth-order valence-electron chi connectivity index (χ4n) is 2.28. The molecular weight excluding hydrogens is 214 g/mol. The monoisotopic (exact) mass is 231 g/mol. The highest BCUT2D eigenvalue weighted by Gasteiger charge is 2.28. The summed E-state index contributed by atoms with van der Waals surface area (Å²) in [5.74, 6) is 0. The lowest BCUT2D eigenvalue weighted by Crippen LogP contribution is -2.38. The Morgan fingerprint density at radius 1 is 1.41 bits per heavy atom. The standard InChI is InChI=1S/C13H17N3O/c14-9-12-11(5-4-8-15-12)16-10-13(17)6-2-1-3-7-13/h4-5,8,16-17H,1-3,6-7,10H2. The van der Waals surface area contributed by atoms with Gasteiger partial charge in [0.25, 0.3) is 0 Å². The SMILES string of the molecule is N#Cc1ncccc1NCC1(O)CCCCC1. The van der Waals surface area contributed by atoms with Crippen LogP contribution in [0.4, 0.5) is 5.69 Å². The fourth-order valence-corrected chi connectivity index (χ4v) is 2.28. The van der Waals surface area contributed by atoms with Gasteiger partial charge in [-0.05, 0) is 25.0 Å². The molecule has 1 saturated carbocycles. The van der Waals surface area contributed by atoms with Crippen LogP contribution >= 0.6 is 0 Å². The zero-order valence-corrected chi connectivity index (χ0v) is 9.82. The molecule has 4 nitrogen and oxygen atoms in total. The maximum atomic E-state index is 10.3. The minimum atomic E-state index is -0.624. The van der Waals surface area contributed by atoms with E-state index >= 15 is 0 Å². The van der Waals surface area contributed by atoms with E-state index < -0.39 is 5.60 Å². The lowest BCUT2D eigenvalue weighted by molar-refractivity contribution is 0.0167. The van der Waals surface area contributed by atoms with Gasteiger partial charge in [-0.25, -0.2) is 4.98 Å². The number of hydrogen-bond acceptors (Lipinski definition) is 4. The van der Waals surface area contributed by atoms with Gasteiger partial charge < -0.3 is 10.4 Å². The van der Waals surface area contributed by atoms with Gasteiger partial charge in [0, 0.05) is 12.7 Å². The van der Waals surface area contributed by atoms with Crippen molar-refractivity contribution in [2.24, 2.45) is 0 Å². The van der Waals surface area contributed by atoms with Gasteiger partial charge in [0.1, 0.15) is 6.07 Å². The molecule has 17 heavy (non-hydrogen) atoms. The van der Waals surface area contributed by atoms with Gasteiger partial charge in [0.15, 0.2) is 5.69 Å². The first kappa shape index (κ1) is 11.9. The van der Waals surface area contributed by atoms with Gasteiger partial charge >= 0.3 is 0 Å². The lowest BCUT2D eigenvalue weighted by Gasteiger charge is -2.32. The highest BCUT2D eigenvalue weighted by Crippen LogP contribution is 2.28. The molecule has 90 valence electrons. The number of rotatable bonds is 3. The van der Waals surface area contributed by atoms with Crippen molar-refractivity contribution in [1.82, 2.24) is 4.98 Å². The van der Waals surface area contributed by atoms with Crippen LogP contribution in [0, 0.1) is 11.3 Å². The van der Waals surface area contributed by atoms with Crippen molar-refractivity contribution in [2.75, 3.05) is 11.9 Å². The van der Waals surface area contributed by atoms with Crippen LogP contribution in [-0.4, -0.2) is 22.2 Å². The summed E-state index contributed by atoms with van der Waals surface area (Å²) >= 11 is 0. The smallest absolute Gasteiger partial charge is 0.163 e. The van der Waals surface area contributed by atoms with Crippen LogP contribution in [-0.2, 0) is 0 Å². The first-order valence-corrected chi connectivity index (χ1v) is 6.05. The maximum Gasteiger partial charge on any atom is 0.163 e. The molecule has 1 fully saturated rings. The number of nitrogens with zero attached hydrogens (tertiary/aromatic N) is 2. The molecule has 0 amide bonds. The number of aliphatic hydroxyl groups is 1. The van der Waals surface area contributed by atoms with Gasteiger partial charge in [0.2, 0.25) is 0 Å². The molecule has 0 atom stereocenters. The van der Waals surface area contributed by atoms with Crippen LogP contribution in [0.5, 0.6) is 0 Å². The Balaban J connectivity index is 2.00. The van der Waals surface area contributed by atoms with Crippen LogP contribution < -0.4 is 5.32 Å². The van der Waals surface area contributed by atoms with Crippen molar-refractivity contribution in [2.45, 2.75) is 37.7 Å². The molecule has 0 saturated heterocycles. The quantitative estimate of drug-likeness (QED) is 0.835. The molecule has 1 aliphatic carbocycles. The predicted octanol–water partition coefficient (Wildman–Crippen LogP) is 2.06. The van der Waals surface area contributed by atoms with E-state index in [-0.39, 0.29) is 0 Å². The second kappa shape index (κ2) is 5.15. The van der Waals surface area contributed by atoms with Crippen LogP contribution in [0.3, 0.4) is 0 Å². The topological polar surface area (TPSA) is 68.9 Å². The van der Waals surface area contributed by atoms with Crippen molar-refractivity contribution in [3.05, 3.63) is 24.0 Å². The number of aromatic nitrogens is 1. The molecule has 1 aromatic heterocycles. The van der Waals surface area contributed by atoms with Gasteiger partial charge in [-0.1, -0.05) is 19.3 Å². The van der Waals surface area contributed by atoms with E-state index in [2.05, 4.69) is 10.3 Å². The van der Waals surface area contributed by atoms with Gasteiger partial charge in [0.05, 0.1) is 11.3 Å². The number of pyridine rings is 1. The van der Waals surface area contributed by atoms with Crippen molar-refractivity contribution in [3.63, 3.8) is 0 Å². The highest BCUT2D eigenvalue weighted by molar-refractivity contribution is 5.53. The Labute approximate surface area is 101 Å². The molecule has 1 aromatic rings. The highest BCUT2D eigenvalue weighted by atomic mass is 16.3. The van der Waals surface area contributed by atoms with E-state index in [1.54, 1.807) is 12.3 Å². The second-order valence-corrected chi connectivity index (χ2v) is 4.65. The maximum absolute atomic E-state index is 10.3. The summed E-state index contributed by atoms with van der Waals surface area (Å²) in [5, 5.41) is 22.4. The van der Waals surface area contributed by atoms with Crippen molar-refractivity contribution in [1.29, 1.82) is 5.26 Å². The summed E-state index contributed by atoms with van der Waals surface area (Å²) < 4.78 is 0. The minimum absolute atomic E-state index is 0.381. The summed E-state index contributed by atoms with van der Waals surface area (Å²) in [6.45, 7) is 0.493. The Bertz CT molecular complexity index is 419. The van der Waals surface area contributed by atoms with E-state index in [0.717, 1.165) is 25.7 Å². The minimum Gasteiger partial charge on any atom is -0.388 e. The van der Waals surface area contributed by atoms with Crippen molar-refractivity contribution < 1.29 is 5.11 Å². The van der Waals surface area contributed by atoms with E-state index in [1.807, 2.05) is 12.1 Å². The van der Waals surface area contributed by atoms with Crippen LogP contribution in [0.25, 0.3) is 0 Å². The summed E-state index contributed by atoms with van der Waals surface area (Å²) in [5.41, 5.74) is 0.460. The molecule has 0 aliphatic heterocycles. The molecule has 1 aliphatic rings. The Morgan fingerprint density at radius 2 is 2.18 bits per heavy atom. The van der Waals surface area contributed by atoms with Crippen LogP contribution in [0.2, 0.25) is 0 Å². The zero-order chi connectivity index (χ0) is 12.1. The Kier molecular flexibility index (Phi) is 3.60. The third-order valence-corrected chi connectivity index (χ3v) is 3.31. The van der Waals surface area contributed by atoms with Crippen molar-refractivity contribution >= 4 is 5.69 Å². The number of nitrogens with one attached hydrogen (secondary N) is 1. The van der Waals surface area contributed by atoms with Gasteiger partial charge in [-0.3, -0.25) is 0 Å². The van der Waals surface area contributed by atoms with Gasteiger partial charge in [-0.15, -0.1) is 0 Å². The molecule has 1 heterocycles. The average molecular weight is 231 g/mol. The van der Waals surface area contributed by atoms with E-state index in [4.69, 9.17) is 5.26 Å². The molecule has 0 aromatic carbocycles. The van der Waals surface area contributed by atoms with Crippen LogP contribution in [0.15, 0.2) is 18.3 Å². The third kappa shape index (κ3) is 2.95. The molecular formula is C13H17N3O. The summed E-state index contributed by atoms with van der Waals surface area (Å²) in [7, 11) is 0. The number of nitriles is 1. The second-order valence-electron chi connectivity index (χ2n) is 4.65. The molecule has 2 N–H and O–H groups in total. The fraction of sp³-hybridized carbons (Fsp3) is 0.538. The third-order valence-electron chi connectivity index (χ3n) is 3.31. The molecule has 0 unspecified atom stereocenters. The first-order valence-electron chi connectivity index (χ1n) is 6.05. The molecule has 4 heteroatoms. The predicted molar refractivity (Wildman–Crippen MR) is 65.5 cm³/mol. The van der Waals surface area contributed by atoms with Crippen molar-refractivity contribution in [3.8, 4) is 6.07 Å². The number of hydrogen-bond donors (Lipinski definition) is 2. The summed E-state index contributed by atoms with van der Waals surface area (Å²) in [6, 6.07) is 5.64. The Hall–Kier alpha value is -1.60. The Morgan fingerprint density at radius 3 is 2.88 bits per heavy atom. The van der Waals surface area contributed by atoms with E-state index in [1.165, 1.54) is 6.42 Å². The summed E-state index contributed by atoms with van der Waals surface area (Å²) in [4.78, 5) is 3.98. The van der Waals surface area contributed by atoms with Gasteiger partial charge in [-0.2, -0.15) is 5.26 Å². The summed E-state index contributed by atoms with van der Waals surface area (Å²) in [6.07, 6.45) is 6.63. The lowest BCUT2D eigenvalue weighted by atomic mass is 9.85. The normalized spacial score (nSPS) is 18.4. The van der Waals surface area contributed by atoms with Crippen LogP contribution in [0.1, 0.15) is 37.8 Å². The largest absolute Gasteiger partial charge is 0.388 e. The zero-order valence-electron chi connectivity index (χ0n) is 9.82. The molecule has 0 radical (unpaired) electrons. The average Bonchev–Trinajstić information content (AvgIpc) is 2.38. The molecule has 0 spiro atoms. The van der Waals surface area contributed by atoms with E-state index in [9.17, 15) is 5.11 Å².